The van der Waals surface area contributed by atoms with E-state index in [2.05, 4.69) is 16.0 Å². The molecule has 0 radical (unpaired) electrons. The summed E-state index contributed by atoms with van der Waals surface area (Å²) in [6.07, 6.45) is 3.37. The van der Waals surface area contributed by atoms with E-state index < -0.39 is 17.5 Å². The van der Waals surface area contributed by atoms with Crippen LogP contribution < -0.4 is 4.74 Å². The van der Waals surface area contributed by atoms with E-state index >= 15 is 0 Å². The van der Waals surface area contributed by atoms with Crippen molar-refractivity contribution in [3.05, 3.63) is 72.1 Å². The van der Waals surface area contributed by atoms with Gasteiger partial charge in [-0.25, -0.2) is 0 Å². The molecule has 2 atom stereocenters. The summed E-state index contributed by atoms with van der Waals surface area (Å²) < 4.78 is 5.28. The number of hydrogen-bond acceptors (Lipinski definition) is 6. The van der Waals surface area contributed by atoms with Crippen molar-refractivity contribution in [3.8, 4) is 5.75 Å². The first-order valence-corrected chi connectivity index (χ1v) is 10.6. The van der Waals surface area contributed by atoms with E-state index in [1.165, 1.54) is 0 Å². The average molecular weight is 453 g/mol. The van der Waals surface area contributed by atoms with Gasteiger partial charge in [0.2, 0.25) is 0 Å². The molecule has 3 aromatic rings. The normalized spacial score (nSPS) is 20.5. The number of carboxylic acids is 1. The molecule has 0 aliphatic carbocycles. The van der Waals surface area contributed by atoms with Crippen LogP contribution in [0, 0.1) is 5.41 Å². The molecule has 0 unspecified atom stereocenters. The van der Waals surface area contributed by atoms with Gasteiger partial charge < -0.3 is 20.1 Å². The number of aliphatic carboxylic acids is 1. The number of aliphatic hydroxyl groups excluding tert-OH is 1. The van der Waals surface area contributed by atoms with E-state index in [-0.39, 0.29) is 19.4 Å². The summed E-state index contributed by atoms with van der Waals surface area (Å²) in [6.45, 7) is 1.30. The van der Waals surface area contributed by atoms with Gasteiger partial charge in [-0.3, -0.25) is 19.5 Å². The molecule has 1 aliphatic rings. The zero-order valence-corrected chi connectivity index (χ0v) is 18.4. The number of carbonyl (C=O) groups is 2. The first-order chi connectivity index (χ1) is 15.9. The molecule has 0 amide bonds. The Hall–Kier alpha value is -3.49. The summed E-state index contributed by atoms with van der Waals surface area (Å²) in [5.74, 6) is -0.288. The molecule has 1 aliphatic heterocycles. The Morgan fingerprint density at radius 3 is 2.76 bits per heavy atom. The molecular formula is C25H28N2O6. The number of benzene rings is 2. The van der Waals surface area contributed by atoms with Crippen LogP contribution in [0.5, 0.6) is 5.75 Å². The molecule has 1 aromatic heterocycles. The van der Waals surface area contributed by atoms with Crippen molar-refractivity contribution in [2.75, 3.05) is 20.2 Å². The maximum absolute atomic E-state index is 12.4. The Labute approximate surface area is 192 Å². The highest BCUT2D eigenvalue weighted by Crippen LogP contribution is 2.36. The molecule has 1 saturated heterocycles. The summed E-state index contributed by atoms with van der Waals surface area (Å²) in [4.78, 5) is 27.1. The largest absolute Gasteiger partial charge is 0.497 e. The van der Waals surface area contributed by atoms with Gasteiger partial charge in [-0.2, -0.15) is 0 Å². The van der Waals surface area contributed by atoms with E-state index in [0.717, 1.165) is 21.9 Å². The van der Waals surface area contributed by atoms with Crippen LogP contribution in [0.25, 0.3) is 10.8 Å². The summed E-state index contributed by atoms with van der Waals surface area (Å²) in [5.41, 5.74) is 0.706. The number of aromatic nitrogens is 1. The zero-order valence-electron chi connectivity index (χ0n) is 18.4. The van der Waals surface area contributed by atoms with Gasteiger partial charge in [0.05, 0.1) is 13.2 Å². The molecule has 3 N–H and O–H groups in total. The van der Waals surface area contributed by atoms with Crippen LogP contribution in [0.2, 0.25) is 0 Å². The molecule has 2 aromatic carbocycles. The molecule has 4 rings (SSSR count). The second-order valence-corrected chi connectivity index (χ2v) is 8.12. The van der Waals surface area contributed by atoms with Crippen molar-refractivity contribution in [1.29, 1.82) is 0 Å². The van der Waals surface area contributed by atoms with Crippen LogP contribution in [0.1, 0.15) is 17.5 Å². The number of piperidine rings is 1. The Morgan fingerprint density at radius 2 is 2.03 bits per heavy atom. The maximum atomic E-state index is 12.4. The van der Waals surface area contributed by atoms with Gasteiger partial charge in [0.15, 0.2) is 0 Å². The van der Waals surface area contributed by atoms with Gasteiger partial charge in [0.1, 0.15) is 11.2 Å². The highest BCUT2D eigenvalue weighted by molar-refractivity contribution is 5.84. The fourth-order valence-corrected chi connectivity index (χ4v) is 4.47. The van der Waals surface area contributed by atoms with Crippen molar-refractivity contribution in [2.24, 2.45) is 5.41 Å². The highest BCUT2D eigenvalue weighted by Gasteiger charge is 2.49. The second-order valence-electron chi connectivity index (χ2n) is 8.12. The Bertz CT molecular complexity index is 1100. The van der Waals surface area contributed by atoms with E-state index in [9.17, 15) is 15.0 Å². The maximum Gasteiger partial charge on any atom is 0.313 e. The third-order valence-electron chi connectivity index (χ3n) is 6.11. The molecule has 0 saturated carbocycles. The van der Waals surface area contributed by atoms with Gasteiger partial charge >= 0.3 is 5.97 Å². The number of hydrogen-bond donors (Lipinski definition) is 3. The van der Waals surface area contributed by atoms with Crippen molar-refractivity contribution in [1.82, 2.24) is 9.88 Å². The van der Waals surface area contributed by atoms with Crippen LogP contribution in [0.4, 0.5) is 0 Å². The lowest BCUT2D eigenvalue weighted by Crippen LogP contribution is -2.56. The predicted molar refractivity (Wildman–Crippen MR) is 123 cm³/mol. The topological polar surface area (TPSA) is 120 Å². The van der Waals surface area contributed by atoms with E-state index in [1.807, 2.05) is 48.7 Å². The number of likely N-dealkylation sites (tertiary alicyclic amines) is 1. The summed E-state index contributed by atoms with van der Waals surface area (Å²) in [6, 6.07) is 15.5. The van der Waals surface area contributed by atoms with Crippen molar-refractivity contribution < 1.29 is 29.6 Å². The van der Waals surface area contributed by atoms with Crippen molar-refractivity contribution in [3.63, 3.8) is 0 Å². The molecule has 1 fully saturated rings. The molecule has 0 spiro atoms. The summed E-state index contributed by atoms with van der Waals surface area (Å²) in [7, 11) is 1.59. The van der Waals surface area contributed by atoms with Crippen LogP contribution in [0.3, 0.4) is 0 Å². The van der Waals surface area contributed by atoms with Crippen LogP contribution in [-0.2, 0) is 22.6 Å². The number of carboxylic acid groups (broad SMARTS) is 2. The van der Waals surface area contributed by atoms with E-state index in [1.54, 1.807) is 13.3 Å². The van der Waals surface area contributed by atoms with E-state index in [0.29, 0.717) is 25.3 Å². The van der Waals surface area contributed by atoms with Gasteiger partial charge in [-0.15, -0.1) is 0 Å². The van der Waals surface area contributed by atoms with Gasteiger partial charge in [-0.1, -0.05) is 30.3 Å². The van der Waals surface area contributed by atoms with Crippen LogP contribution >= 0.6 is 0 Å². The highest BCUT2D eigenvalue weighted by atomic mass is 16.5. The number of aliphatic hydroxyl groups is 1. The third kappa shape index (κ3) is 5.47. The number of rotatable bonds is 6. The monoisotopic (exact) mass is 452 g/mol. The van der Waals surface area contributed by atoms with E-state index in [4.69, 9.17) is 14.6 Å². The fraction of sp³-hybridized carbons (Fsp3) is 0.320. The number of fused-ring (bicyclic) bond motifs is 1. The number of nitrogens with zero attached hydrogens (tertiary/aromatic N) is 2. The Balaban J connectivity index is 0.000000968. The number of pyridine rings is 1. The standard InChI is InChI=1S/C24H26N2O4.CH2O2/c1-30-20-7-2-4-17(12-20)13-24(23(28)29)16-26(11-9-22(24)27)15-19-6-3-5-18-14-25-10-8-21(18)19;2-1-3/h2-8,10,12,14,22,27H,9,11,13,15-16H2,1H3,(H,28,29);1H,(H,2,3)/t22-,24-;/m1./s1. The van der Waals surface area contributed by atoms with Gasteiger partial charge in [-0.05, 0) is 47.6 Å². The molecule has 33 heavy (non-hydrogen) atoms. The molecule has 174 valence electrons. The smallest absolute Gasteiger partial charge is 0.313 e. The Morgan fingerprint density at radius 1 is 1.27 bits per heavy atom. The lowest BCUT2D eigenvalue weighted by molar-refractivity contribution is -0.163. The quantitative estimate of drug-likeness (QED) is 0.489. The second kappa shape index (κ2) is 10.9. The predicted octanol–water partition coefficient (Wildman–Crippen LogP) is 2.82. The first kappa shape index (κ1) is 24.2. The molecule has 8 nitrogen and oxygen atoms in total. The third-order valence-corrected chi connectivity index (χ3v) is 6.11. The Kier molecular flexibility index (Phi) is 7.97. The minimum Gasteiger partial charge on any atom is -0.497 e. The lowest BCUT2D eigenvalue weighted by atomic mass is 9.72. The van der Waals surface area contributed by atoms with Crippen LogP contribution in [-0.4, -0.2) is 63.9 Å². The average Bonchev–Trinajstić information content (AvgIpc) is 2.82. The summed E-state index contributed by atoms with van der Waals surface area (Å²) >= 11 is 0. The SMILES string of the molecule is COc1cccc(C[C@@]2(C(=O)O)CN(Cc3cccc4cnccc34)CC[C@H]2O)c1.O=CO. The van der Waals surface area contributed by atoms with Gasteiger partial charge in [0.25, 0.3) is 6.47 Å². The van der Waals surface area contributed by atoms with Gasteiger partial charge in [0, 0.05) is 37.4 Å². The zero-order chi connectivity index (χ0) is 23.8. The minimum absolute atomic E-state index is 0.247. The van der Waals surface area contributed by atoms with Crippen LogP contribution in [0.15, 0.2) is 60.9 Å². The molecular weight excluding hydrogens is 424 g/mol. The molecule has 2 heterocycles. The fourth-order valence-electron chi connectivity index (χ4n) is 4.47. The molecule has 0 bridgehead atoms. The molecule has 8 heteroatoms. The van der Waals surface area contributed by atoms with Crippen molar-refractivity contribution >= 4 is 23.2 Å². The summed E-state index contributed by atoms with van der Waals surface area (Å²) in [5, 5.41) is 30.0. The number of methoxy groups -OCH3 is 1. The number of ether oxygens (including phenoxy) is 1. The minimum atomic E-state index is -1.27. The van der Waals surface area contributed by atoms with Crippen molar-refractivity contribution in [2.45, 2.75) is 25.5 Å². The first-order valence-electron chi connectivity index (χ1n) is 10.6. The lowest BCUT2D eigenvalue weighted by Gasteiger charge is -2.43.